The van der Waals surface area contributed by atoms with Gasteiger partial charge in [-0.25, -0.2) is 17.6 Å². The first-order valence-corrected chi connectivity index (χ1v) is 5.17. The molecule has 1 rings (SSSR count). The van der Waals surface area contributed by atoms with Gasteiger partial charge in [0.15, 0.2) is 23.3 Å². The van der Waals surface area contributed by atoms with E-state index in [2.05, 4.69) is 5.32 Å². The molecule has 0 aliphatic heterocycles. The van der Waals surface area contributed by atoms with Crippen molar-refractivity contribution in [1.82, 2.24) is 5.32 Å². The summed E-state index contributed by atoms with van der Waals surface area (Å²) in [5.41, 5.74) is -0.946. The molecule has 0 heterocycles. The van der Waals surface area contributed by atoms with Crippen molar-refractivity contribution in [1.29, 1.82) is 0 Å². The van der Waals surface area contributed by atoms with Crippen LogP contribution in [0.3, 0.4) is 0 Å². The topological polar surface area (TPSA) is 49.3 Å². The van der Waals surface area contributed by atoms with Gasteiger partial charge in [-0.05, 0) is 12.5 Å². The maximum atomic E-state index is 13.2. The Morgan fingerprint density at radius 3 is 2.39 bits per heavy atom. The fourth-order valence-electron chi connectivity index (χ4n) is 1.28. The first kappa shape index (κ1) is 14.4. The Morgan fingerprint density at radius 2 is 1.89 bits per heavy atom. The van der Waals surface area contributed by atoms with Crippen LogP contribution in [0.25, 0.3) is 0 Å². The molecule has 0 unspecified atom stereocenters. The van der Waals surface area contributed by atoms with E-state index in [0.29, 0.717) is 6.42 Å². The number of carbonyl (C=O) groups is 1. The van der Waals surface area contributed by atoms with Gasteiger partial charge in [-0.15, -0.1) is 0 Å². The maximum Gasteiger partial charge on any atom is 0.254 e. The van der Waals surface area contributed by atoms with E-state index in [9.17, 15) is 22.4 Å². The van der Waals surface area contributed by atoms with Crippen LogP contribution in [0, 0.1) is 23.3 Å². The minimum Gasteiger partial charge on any atom is -0.394 e. The Kier molecular flexibility index (Phi) is 4.66. The summed E-state index contributed by atoms with van der Waals surface area (Å²) in [6.07, 6.45) is 0.343. The fraction of sp³-hybridized carbons (Fsp3) is 0.364. The van der Waals surface area contributed by atoms with Gasteiger partial charge in [-0.1, -0.05) is 6.92 Å². The lowest BCUT2D eigenvalue weighted by Crippen LogP contribution is -2.37. The molecule has 100 valence electrons. The van der Waals surface area contributed by atoms with Crippen molar-refractivity contribution < 1.29 is 27.5 Å². The summed E-state index contributed by atoms with van der Waals surface area (Å²) in [6.45, 7) is 1.24. The van der Waals surface area contributed by atoms with E-state index in [1.165, 1.54) is 0 Å². The molecule has 1 atom stereocenters. The minimum atomic E-state index is -2.04. The number of carbonyl (C=O) groups excluding carboxylic acids is 1. The Balaban J connectivity index is 3.07. The van der Waals surface area contributed by atoms with Gasteiger partial charge in [0.2, 0.25) is 0 Å². The van der Waals surface area contributed by atoms with E-state index in [-0.39, 0.29) is 6.07 Å². The summed E-state index contributed by atoms with van der Waals surface area (Å²) in [4.78, 5) is 11.5. The van der Waals surface area contributed by atoms with Crippen molar-refractivity contribution in [2.45, 2.75) is 19.4 Å². The predicted molar refractivity (Wildman–Crippen MR) is 54.9 cm³/mol. The van der Waals surface area contributed by atoms with Gasteiger partial charge in [-0.2, -0.15) is 0 Å². The Morgan fingerprint density at radius 1 is 1.28 bits per heavy atom. The molecule has 0 spiro atoms. The van der Waals surface area contributed by atoms with Crippen molar-refractivity contribution in [2.24, 2.45) is 0 Å². The predicted octanol–water partition coefficient (Wildman–Crippen LogP) is 1.74. The Hall–Kier alpha value is -1.63. The summed E-state index contributed by atoms with van der Waals surface area (Å²) in [5.74, 6) is -8.56. The Labute approximate surface area is 100 Å². The summed E-state index contributed by atoms with van der Waals surface area (Å²) < 4.78 is 51.7. The van der Waals surface area contributed by atoms with Gasteiger partial charge < -0.3 is 10.4 Å². The highest BCUT2D eigenvalue weighted by Crippen LogP contribution is 2.18. The second-order valence-corrected chi connectivity index (χ2v) is 3.61. The van der Waals surface area contributed by atoms with Crippen LogP contribution in [0.1, 0.15) is 23.7 Å². The van der Waals surface area contributed by atoms with Crippen molar-refractivity contribution >= 4 is 5.91 Å². The number of nitrogens with one attached hydrogen (secondary N) is 1. The summed E-state index contributed by atoms with van der Waals surface area (Å²) in [6, 6.07) is -0.402. The molecule has 1 aromatic rings. The van der Waals surface area contributed by atoms with Gasteiger partial charge >= 0.3 is 0 Å². The van der Waals surface area contributed by atoms with Gasteiger partial charge in [0, 0.05) is 0 Å². The molecule has 0 aromatic heterocycles. The molecule has 0 saturated carbocycles. The molecular formula is C11H11F4NO2. The average molecular weight is 265 g/mol. The van der Waals surface area contributed by atoms with Gasteiger partial charge in [0.1, 0.15) is 0 Å². The normalized spacial score (nSPS) is 12.3. The van der Waals surface area contributed by atoms with Crippen LogP contribution < -0.4 is 5.32 Å². The zero-order chi connectivity index (χ0) is 13.9. The van der Waals surface area contributed by atoms with Crippen LogP contribution in [0.2, 0.25) is 0 Å². The lowest BCUT2D eigenvalue weighted by molar-refractivity contribution is 0.0908. The minimum absolute atomic E-state index is 0.271. The van der Waals surface area contributed by atoms with E-state index in [0.717, 1.165) is 0 Å². The highest BCUT2D eigenvalue weighted by atomic mass is 19.2. The first-order valence-electron chi connectivity index (χ1n) is 5.17. The van der Waals surface area contributed by atoms with Crippen molar-refractivity contribution in [3.05, 3.63) is 34.9 Å². The van der Waals surface area contributed by atoms with Crippen LogP contribution in [0.15, 0.2) is 6.07 Å². The van der Waals surface area contributed by atoms with E-state index >= 15 is 0 Å². The van der Waals surface area contributed by atoms with Crippen LogP contribution in [0.5, 0.6) is 0 Å². The van der Waals surface area contributed by atoms with Crippen molar-refractivity contribution in [2.75, 3.05) is 6.61 Å². The van der Waals surface area contributed by atoms with Crippen LogP contribution in [-0.2, 0) is 0 Å². The molecular weight excluding hydrogens is 254 g/mol. The second kappa shape index (κ2) is 5.81. The highest BCUT2D eigenvalue weighted by Gasteiger charge is 2.23. The SMILES string of the molecule is CC[C@H](CO)NC(=O)c1cc(F)c(F)c(F)c1F. The molecule has 0 radical (unpaired) electrons. The third kappa shape index (κ3) is 2.79. The molecule has 1 aromatic carbocycles. The van der Waals surface area contributed by atoms with Crippen molar-refractivity contribution in [3.8, 4) is 0 Å². The molecule has 0 saturated heterocycles. The summed E-state index contributed by atoms with van der Waals surface area (Å²) >= 11 is 0. The molecule has 2 N–H and O–H groups in total. The molecule has 18 heavy (non-hydrogen) atoms. The molecule has 3 nitrogen and oxygen atoms in total. The van der Waals surface area contributed by atoms with E-state index < -0.39 is 47.4 Å². The third-order valence-electron chi connectivity index (χ3n) is 2.40. The number of amides is 1. The number of benzene rings is 1. The zero-order valence-electron chi connectivity index (χ0n) is 9.44. The molecule has 0 aliphatic carbocycles. The first-order chi connectivity index (χ1) is 8.42. The lowest BCUT2D eigenvalue weighted by atomic mass is 10.1. The maximum absolute atomic E-state index is 13.2. The molecule has 7 heteroatoms. The van der Waals surface area contributed by atoms with Gasteiger partial charge in [0.25, 0.3) is 5.91 Å². The standard InChI is InChI=1S/C11H11F4NO2/c1-2-5(4-17)16-11(18)6-3-7(12)9(14)10(15)8(6)13/h3,5,17H,2,4H2,1H3,(H,16,18)/t5-/m1/s1. The lowest BCUT2D eigenvalue weighted by Gasteiger charge is -2.14. The number of aliphatic hydroxyl groups is 1. The quantitative estimate of drug-likeness (QED) is 0.495. The number of halogens is 4. The van der Waals surface area contributed by atoms with Gasteiger partial charge in [-0.3, -0.25) is 4.79 Å². The third-order valence-corrected chi connectivity index (χ3v) is 2.40. The van der Waals surface area contributed by atoms with E-state index in [4.69, 9.17) is 5.11 Å². The van der Waals surface area contributed by atoms with Crippen LogP contribution in [-0.4, -0.2) is 23.7 Å². The smallest absolute Gasteiger partial charge is 0.254 e. The highest BCUT2D eigenvalue weighted by molar-refractivity contribution is 5.94. The molecule has 0 fully saturated rings. The van der Waals surface area contributed by atoms with E-state index in [1.807, 2.05) is 0 Å². The van der Waals surface area contributed by atoms with Crippen LogP contribution in [0.4, 0.5) is 17.6 Å². The number of hydrogen-bond acceptors (Lipinski definition) is 2. The zero-order valence-corrected chi connectivity index (χ0v) is 9.44. The average Bonchev–Trinajstić information content (AvgIpc) is 2.37. The second-order valence-electron chi connectivity index (χ2n) is 3.61. The van der Waals surface area contributed by atoms with Gasteiger partial charge in [0.05, 0.1) is 18.2 Å². The summed E-state index contributed by atoms with van der Waals surface area (Å²) in [7, 11) is 0. The molecule has 1 amide bonds. The largest absolute Gasteiger partial charge is 0.394 e. The molecule has 0 bridgehead atoms. The molecule has 0 aliphatic rings. The summed E-state index contributed by atoms with van der Waals surface area (Å²) in [5, 5.41) is 11.0. The Bertz CT molecular complexity index is 461. The number of rotatable bonds is 4. The van der Waals surface area contributed by atoms with Crippen LogP contribution >= 0.6 is 0 Å². The number of aliphatic hydroxyl groups excluding tert-OH is 1. The van der Waals surface area contributed by atoms with Crippen molar-refractivity contribution in [3.63, 3.8) is 0 Å². The fourth-order valence-corrected chi connectivity index (χ4v) is 1.28. The monoisotopic (exact) mass is 265 g/mol. The number of hydrogen-bond donors (Lipinski definition) is 2. The van der Waals surface area contributed by atoms with E-state index in [1.54, 1.807) is 6.92 Å².